The van der Waals surface area contributed by atoms with Gasteiger partial charge in [0.05, 0.1) is 16.8 Å². The quantitative estimate of drug-likeness (QED) is 0.410. The number of amides is 2. The number of carbonyl (C=O) groups is 1. The first-order valence-corrected chi connectivity index (χ1v) is 11.4. The van der Waals surface area contributed by atoms with Crippen molar-refractivity contribution in [2.75, 3.05) is 19.0 Å². The molecule has 0 atom stereocenters. The van der Waals surface area contributed by atoms with Crippen molar-refractivity contribution in [2.45, 2.75) is 39.2 Å². The Hall–Kier alpha value is -3.37. The lowest BCUT2D eigenvalue weighted by molar-refractivity contribution is 0.184. The molecular weight excluding hydrogens is 440 g/mol. The monoisotopic (exact) mass is 466 g/mol. The maximum absolute atomic E-state index is 12.3. The smallest absolute Gasteiger partial charge is 0.321 e. The Kier molecular flexibility index (Phi) is 6.66. The number of pyridine rings is 1. The molecule has 0 aliphatic carbocycles. The maximum atomic E-state index is 12.3. The molecule has 2 amide bonds. The highest BCUT2D eigenvalue weighted by atomic mass is 32.1. The lowest BCUT2D eigenvalue weighted by Crippen LogP contribution is -2.30. The van der Waals surface area contributed by atoms with Gasteiger partial charge in [0.15, 0.2) is 11.0 Å². The van der Waals surface area contributed by atoms with Gasteiger partial charge in [0.2, 0.25) is 5.89 Å². The maximum Gasteiger partial charge on any atom is 0.321 e. The molecule has 33 heavy (non-hydrogen) atoms. The fraction of sp³-hybridized carbons (Fsp3) is 0.348. The van der Waals surface area contributed by atoms with Crippen LogP contribution in [0.4, 0.5) is 9.93 Å². The van der Waals surface area contributed by atoms with E-state index in [1.54, 1.807) is 13.3 Å². The summed E-state index contributed by atoms with van der Waals surface area (Å²) >= 11 is 1.42. The number of benzene rings is 1. The normalized spacial score (nSPS) is 11.6. The van der Waals surface area contributed by atoms with E-state index in [-0.39, 0.29) is 11.4 Å². The van der Waals surface area contributed by atoms with E-state index in [2.05, 4.69) is 36.8 Å². The van der Waals surface area contributed by atoms with Gasteiger partial charge in [-0.1, -0.05) is 43.3 Å². The number of methoxy groups -OCH3 is 1. The molecule has 172 valence electrons. The van der Waals surface area contributed by atoms with Gasteiger partial charge in [-0.2, -0.15) is 4.98 Å². The lowest BCUT2D eigenvalue weighted by atomic mass is 9.97. The SMILES string of the molecule is COCc1cncc(-c2ccc3nc(NC(=O)NCCc4noc(C(C)(C)C)n4)sc3c2)c1. The summed E-state index contributed by atoms with van der Waals surface area (Å²) in [5, 5.41) is 10.1. The third kappa shape index (κ3) is 5.71. The van der Waals surface area contributed by atoms with Crippen LogP contribution in [0, 0.1) is 0 Å². The number of anilines is 1. The van der Waals surface area contributed by atoms with Gasteiger partial charge in [-0.3, -0.25) is 10.3 Å². The summed E-state index contributed by atoms with van der Waals surface area (Å²) in [6.07, 6.45) is 4.09. The predicted molar refractivity (Wildman–Crippen MR) is 127 cm³/mol. The highest BCUT2D eigenvalue weighted by Crippen LogP contribution is 2.30. The topological polar surface area (TPSA) is 115 Å². The van der Waals surface area contributed by atoms with E-state index in [9.17, 15) is 4.79 Å². The van der Waals surface area contributed by atoms with Crippen LogP contribution in [0.5, 0.6) is 0 Å². The van der Waals surface area contributed by atoms with Crippen LogP contribution in [-0.2, 0) is 23.2 Å². The van der Waals surface area contributed by atoms with E-state index in [4.69, 9.17) is 9.26 Å². The average molecular weight is 467 g/mol. The molecule has 0 radical (unpaired) electrons. The van der Waals surface area contributed by atoms with Crippen molar-refractivity contribution in [1.29, 1.82) is 0 Å². The molecule has 9 nitrogen and oxygen atoms in total. The van der Waals surface area contributed by atoms with Gasteiger partial charge in [0.25, 0.3) is 0 Å². The minimum atomic E-state index is -0.328. The van der Waals surface area contributed by atoms with Crippen molar-refractivity contribution in [1.82, 2.24) is 25.4 Å². The lowest BCUT2D eigenvalue weighted by Gasteiger charge is -2.10. The van der Waals surface area contributed by atoms with Gasteiger partial charge in [0.1, 0.15) is 0 Å². The van der Waals surface area contributed by atoms with E-state index >= 15 is 0 Å². The number of urea groups is 1. The van der Waals surface area contributed by atoms with Crippen LogP contribution in [0.25, 0.3) is 21.3 Å². The van der Waals surface area contributed by atoms with Crippen molar-refractivity contribution in [2.24, 2.45) is 0 Å². The molecule has 4 aromatic rings. The van der Waals surface area contributed by atoms with Crippen LogP contribution in [0.2, 0.25) is 0 Å². The largest absolute Gasteiger partial charge is 0.380 e. The molecular formula is C23H26N6O3S. The number of hydrogen-bond acceptors (Lipinski definition) is 8. The van der Waals surface area contributed by atoms with E-state index < -0.39 is 0 Å². The number of fused-ring (bicyclic) bond motifs is 1. The molecule has 0 aliphatic rings. The van der Waals surface area contributed by atoms with Crippen molar-refractivity contribution < 1.29 is 14.1 Å². The van der Waals surface area contributed by atoms with Gasteiger partial charge in [0, 0.05) is 43.4 Å². The predicted octanol–water partition coefficient (Wildman–Crippen LogP) is 4.55. The Morgan fingerprint density at radius 2 is 2.00 bits per heavy atom. The second-order valence-corrected chi connectivity index (χ2v) is 9.64. The van der Waals surface area contributed by atoms with Gasteiger partial charge >= 0.3 is 6.03 Å². The summed E-state index contributed by atoms with van der Waals surface area (Å²) in [4.78, 5) is 25.5. The van der Waals surface area contributed by atoms with Gasteiger partial charge in [-0.15, -0.1) is 0 Å². The number of thiazole rings is 1. The zero-order valence-electron chi connectivity index (χ0n) is 19.0. The molecule has 0 fully saturated rings. The van der Waals surface area contributed by atoms with Crippen LogP contribution in [-0.4, -0.2) is 39.8 Å². The molecule has 0 aliphatic heterocycles. The van der Waals surface area contributed by atoms with E-state index in [1.165, 1.54) is 11.3 Å². The number of nitrogens with zero attached hydrogens (tertiary/aromatic N) is 4. The Bertz CT molecular complexity index is 1260. The summed E-state index contributed by atoms with van der Waals surface area (Å²) in [6, 6.07) is 7.71. The molecule has 3 aromatic heterocycles. The molecule has 3 heterocycles. The second kappa shape index (κ2) is 9.63. The molecule has 0 bridgehead atoms. The summed E-state index contributed by atoms with van der Waals surface area (Å²) in [5.74, 6) is 1.15. The van der Waals surface area contributed by atoms with E-state index in [0.29, 0.717) is 36.4 Å². The summed E-state index contributed by atoms with van der Waals surface area (Å²) in [5.41, 5.74) is 3.66. The zero-order chi connectivity index (χ0) is 23.4. The molecule has 0 unspecified atom stereocenters. The highest BCUT2D eigenvalue weighted by molar-refractivity contribution is 7.22. The number of hydrogen-bond donors (Lipinski definition) is 2. The van der Waals surface area contributed by atoms with E-state index in [0.717, 1.165) is 26.9 Å². The summed E-state index contributed by atoms with van der Waals surface area (Å²) in [6.45, 7) is 6.91. The van der Waals surface area contributed by atoms with Crippen LogP contribution in [0.1, 0.15) is 38.0 Å². The van der Waals surface area contributed by atoms with Crippen molar-refractivity contribution in [3.8, 4) is 11.1 Å². The minimum Gasteiger partial charge on any atom is -0.380 e. The number of ether oxygens (including phenoxy) is 1. The van der Waals surface area contributed by atoms with Gasteiger partial charge in [-0.05, 0) is 29.3 Å². The third-order valence-electron chi connectivity index (χ3n) is 4.79. The number of carbonyl (C=O) groups excluding carboxylic acids is 1. The highest BCUT2D eigenvalue weighted by Gasteiger charge is 2.21. The second-order valence-electron chi connectivity index (χ2n) is 8.61. The Labute approximate surface area is 195 Å². The number of rotatable bonds is 7. The average Bonchev–Trinajstić information content (AvgIpc) is 3.40. The molecule has 10 heteroatoms. The Balaban J connectivity index is 1.36. The molecule has 0 spiro atoms. The molecule has 0 saturated heterocycles. The van der Waals surface area contributed by atoms with Crippen LogP contribution < -0.4 is 10.6 Å². The standard InChI is InChI=1S/C23H26N6O3S/c1-23(2,3)20-27-19(29-32-20)7-8-25-21(30)28-22-26-17-6-5-15(10-18(17)33-22)16-9-14(13-31-4)11-24-12-16/h5-6,9-12H,7-8,13H2,1-4H3,(H2,25,26,28,30). The van der Waals surface area contributed by atoms with Crippen LogP contribution in [0.15, 0.2) is 41.2 Å². The summed E-state index contributed by atoms with van der Waals surface area (Å²) < 4.78 is 11.4. The fourth-order valence-electron chi connectivity index (χ4n) is 3.14. The number of aromatic nitrogens is 4. The molecule has 0 saturated carbocycles. The van der Waals surface area contributed by atoms with Gasteiger partial charge in [-0.25, -0.2) is 9.78 Å². The van der Waals surface area contributed by atoms with Crippen molar-refractivity contribution >= 4 is 32.7 Å². The first kappa shape index (κ1) is 22.8. The van der Waals surface area contributed by atoms with E-state index in [1.807, 2.05) is 45.2 Å². The molecule has 4 rings (SSSR count). The van der Waals surface area contributed by atoms with Crippen molar-refractivity contribution in [3.05, 3.63) is 53.9 Å². The van der Waals surface area contributed by atoms with Crippen molar-refractivity contribution in [3.63, 3.8) is 0 Å². The first-order valence-electron chi connectivity index (χ1n) is 10.5. The minimum absolute atomic E-state index is 0.202. The third-order valence-corrected chi connectivity index (χ3v) is 5.73. The number of nitrogens with one attached hydrogen (secondary N) is 2. The Morgan fingerprint density at radius 3 is 2.76 bits per heavy atom. The Morgan fingerprint density at radius 1 is 1.15 bits per heavy atom. The van der Waals surface area contributed by atoms with Crippen LogP contribution in [0.3, 0.4) is 0 Å². The molecule has 1 aromatic carbocycles. The van der Waals surface area contributed by atoms with Crippen LogP contribution >= 0.6 is 11.3 Å². The zero-order valence-corrected chi connectivity index (χ0v) is 19.8. The molecule has 2 N–H and O–H groups in total. The first-order chi connectivity index (χ1) is 15.8. The fourth-order valence-corrected chi connectivity index (χ4v) is 4.04. The van der Waals surface area contributed by atoms with Gasteiger partial charge < -0.3 is 14.6 Å². The summed E-state index contributed by atoms with van der Waals surface area (Å²) in [7, 11) is 1.66.